The van der Waals surface area contributed by atoms with E-state index in [9.17, 15) is 4.79 Å². The Morgan fingerprint density at radius 2 is 1.57 bits per heavy atom. The molecule has 118 valence electrons. The fourth-order valence-electron chi connectivity index (χ4n) is 2.33. The first kappa shape index (κ1) is 17.6. The summed E-state index contributed by atoms with van der Waals surface area (Å²) in [7, 11) is 0. The summed E-state index contributed by atoms with van der Waals surface area (Å²) >= 11 is 0. The molecule has 0 bridgehead atoms. The van der Waals surface area contributed by atoms with Crippen molar-refractivity contribution in [2.75, 3.05) is 13.1 Å². The Kier molecular flexibility index (Phi) is 9.42. The number of unbranched alkanes of at least 4 members (excludes halogenated alkanes) is 4. The predicted molar refractivity (Wildman–Crippen MR) is 86.0 cm³/mol. The molecule has 1 aromatic rings. The van der Waals surface area contributed by atoms with Gasteiger partial charge in [-0.25, -0.2) is 9.97 Å². The second kappa shape index (κ2) is 11.2. The van der Waals surface area contributed by atoms with Crippen LogP contribution in [0, 0.1) is 0 Å². The zero-order valence-electron chi connectivity index (χ0n) is 13.6. The first-order valence-electron chi connectivity index (χ1n) is 8.29. The molecule has 0 aliphatic carbocycles. The van der Waals surface area contributed by atoms with Crippen molar-refractivity contribution in [2.45, 2.75) is 65.2 Å². The third-order valence-corrected chi connectivity index (χ3v) is 3.66. The monoisotopic (exact) mass is 291 g/mol. The van der Waals surface area contributed by atoms with Gasteiger partial charge in [0.15, 0.2) is 0 Å². The van der Waals surface area contributed by atoms with Crippen LogP contribution in [0.2, 0.25) is 0 Å². The highest BCUT2D eigenvalue weighted by molar-refractivity contribution is 5.76. The molecule has 0 aliphatic heterocycles. The number of aromatic nitrogens is 2. The molecule has 1 amide bonds. The molecule has 1 aromatic heterocycles. The van der Waals surface area contributed by atoms with Gasteiger partial charge in [0.25, 0.3) is 0 Å². The maximum absolute atomic E-state index is 12.4. The van der Waals surface area contributed by atoms with E-state index in [1.165, 1.54) is 32.0 Å². The second-order valence-electron chi connectivity index (χ2n) is 5.54. The zero-order valence-corrected chi connectivity index (χ0v) is 13.6. The van der Waals surface area contributed by atoms with E-state index in [-0.39, 0.29) is 5.91 Å². The van der Waals surface area contributed by atoms with Crippen molar-refractivity contribution >= 4 is 5.91 Å². The SMILES string of the molecule is CCCCCN(CCCCC)C(=O)CCc1cncnc1. The van der Waals surface area contributed by atoms with Crippen LogP contribution in [0.3, 0.4) is 0 Å². The van der Waals surface area contributed by atoms with Gasteiger partial charge in [0.1, 0.15) is 6.33 Å². The van der Waals surface area contributed by atoms with Crippen molar-refractivity contribution in [3.8, 4) is 0 Å². The predicted octanol–water partition coefficient (Wildman–Crippen LogP) is 3.62. The van der Waals surface area contributed by atoms with Gasteiger partial charge in [-0.3, -0.25) is 4.79 Å². The minimum atomic E-state index is 0.269. The highest BCUT2D eigenvalue weighted by Crippen LogP contribution is 2.07. The average molecular weight is 291 g/mol. The molecule has 0 aromatic carbocycles. The molecular weight excluding hydrogens is 262 g/mol. The maximum Gasteiger partial charge on any atom is 0.222 e. The first-order valence-corrected chi connectivity index (χ1v) is 8.29. The van der Waals surface area contributed by atoms with Crippen LogP contribution >= 0.6 is 0 Å². The molecule has 0 radical (unpaired) electrons. The molecule has 0 aliphatic rings. The largest absolute Gasteiger partial charge is 0.343 e. The van der Waals surface area contributed by atoms with Crippen molar-refractivity contribution < 1.29 is 4.79 Å². The highest BCUT2D eigenvalue weighted by atomic mass is 16.2. The third kappa shape index (κ3) is 7.78. The Balaban J connectivity index is 2.40. The number of amides is 1. The Bertz CT molecular complexity index is 371. The van der Waals surface area contributed by atoms with Crippen molar-refractivity contribution in [1.82, 2.24) is 14.9 Å². The molecule has 0 saturated heterocycles. The van der Waals surface area contributed by atoms with Crippen LogP contribution in [-0.2, 0) is 11.2 Å². The number of hydrogen-bond donors (Lipinski definition) is 0. The third-order valence-electron chi connectivity index (χ3n) is 3.66. The van der Waals surface area contributed by atoms with Crippen LogP contribution < -0.4 is 0 Å². The molecule has 0 saturated carbocycles. The van der Waals surface area contributed by atoms with E-state index in [0.717, 1.165) is 37.9 Å². The van der Waals surface area contributed by atoms with Gasteiger partial charge in [-0.1, -0.05) is 39.5 Å². The van der Waals surface area contributed by atoms with Gasteiger partial charge in [-0.15, -0.1) is 0 Å². The van der Waals surface area contributed by atoms with Gasteiger partial charge < -0.3 is 4.90 Å². The molecule has 21 heavy (non-hydrogen) atoms. The van der Waals surface area contributed by atoms with Crippen LogP contribution in [-0.4, -0.2) is 33.9 Å². The van der Waals surface area contributed by atoms with Crippen LogP contribution in [0.1, 0.15) is 64.4 Å². The van der Waals surface area contributed by atoms with Crippen molar-refractivity contribution in [3.05, 3.63) is 24.3 Å². The quantitative estimate of drug-likeness (QED) is 0.585. The van der Waals surface area contributed by atoms with E-state index in [2.05, 4.69) is 28.7 Å². The molecule has 1 heterocycles. The van der Waals surface area contributed by atoms with Gasteiger partial charge in [-0.2, -0.15) is 0 Å². The molecule has 0 spiro atoms. The van der Waals surface area contributed by atoms with Crippen molar-refractivity contribution in [2.24, 2.45) is 0 Å². The number of hydrogen-bond acceptors (Lipinski definition) is 3. The number of carbonyl (C=O) groups is 1. The number of aryl methyl sites for hydroxylation is 1. The van der Waals surface area contributed by atoms with Crippen LogP contribution in [0.25, 0.3) is 0 Å². The normalized spacial score (nSPS) is 10.6. The Morgan fingerprint density at radius 1 is 1.00 bits per heavy atom. The number of rotatable bonds is 11. The maximum atomic E-state index is 12.4. The fourth-order valence-corrected chi connectivity index (χ4v) is 2.33. The van der Waals surface area contributed by atoms with Gasteiger partial charge in [0.2, 0.25) is 5.91 Å². The Morgan fingerprint density at radius 3 is 2.10 bits per heavy atom. The standard InChI is InChI=1S/C17H29N3O/c1-3-5-7-11-20(12-8-6-4-2)17(21)10-9-16-13-18-15-19-14-16/h13-15H,3-12H2,1-2H3. The summed E-state index contributed by atoms with van der Waals surface area (Å²) in [5, 5.41) is 0. The summed E-state index contributed by atoms with van der Waals surface area (Å²) in [6.45, 7) is 6.20. The smallest absolute Gasteiger partial charge is 0.222 e. The lowest BCUT2D eigenvalue weighted by molar-refractivity contribution is -0.131. The summed E-state index contributed by atoms with van der Waals surface area (Å²) in [5.74, 6) is 0.269. The Labute approximate surface area is 129 Å². The van der Waals surface area contributed by atoms with Crippen molar-refractivity contribution in [3.63, 3.8) is 0 Å². The van der Waals surface area contributed by atoms with E-state index >= 15 is 0 Å². The summed E-state index contributed by atoms with van der Waals surface area (Å²) in [6.07, 6.45) is 13.4. The number of nitrogens with zero attached hydrogens (tertiary/aromatic N) is 3. The number of carbonyl (C=O) groups excluding carboxylic acids is 1. The van der Waals surface area contributed by atoms with E-state index in [4.69, 9.17) is 0 Å². The molecule has 4 heteroatoms. The van der Waals surface area contributed by atoms with E-state index in [1.807, 2.05) is 0 Å². The Hall–Kier alpha value is -1.45. The molecule has 0 N–H and O–H groups in total. The van der Waals surface area contributed by atoms with Crippen LogP contribution in [0.4, 0.5) is 0 Å². The zero-order chi connectivity index (χ0) is 15.3. The minimum Gasteiger partial charge on any atom is -0.343 e. The second-order valence-corrected chi connectivity index (χ2v) is 5.54. The van der Waals surface area contributed by atoms with Gasteiger partial charge >= 0.3 is 0 Å². The summed E-state index contributed by atoms with van der Waals surface area (Å²) in [4.78, 5) is 22.4. The van der Waals surface area contributed by atoms with E-state index in [1.54, 1.807) is 12.4 Å². The van der Waals surface area contributed by atoms with Crippen LogP contribution in [0.5, 0.6) is 0 Å². The van der Waals surface area contributed by atoms with E-state index < -0.39 is 0 Å². The minimum absolute atomic E-state index is 0.269. The van der Waals surface area contributed by atoms with Gasteiger partial charge in [-0.05, 0) is 24.8 Å². The molecule has 0 atom stereocenters. The first-order chi connectivity index (χ1) is 10.3. The molecule has 0 unspecified atom stereocenters. The van der Waals surface area contributed by atoms with Crippen molar-refractivity contribution in [1.29, 1.82) is 0 Å². The summed E-state index contributed by atoms with van der Waals surface area (Å²) < 4.78 is 0. The fraction of sp³-hybridized carbons (Fsp3) is 0.706. The topological polar surface area (TPSA) is 46.1 Å². The van der Waals surface area contributed by atoms with Gasteiger partial charge in [0, 0.05) is 31.9 Å². The summed E-state index contributed by atoms with van der Waals surface area (Å²) in [6, 6.07) is 0. The van der Waals surface area contributed by atoms with Crippen LogP contribution in [0.15, 0.2) is 18.7 Å². The lowest BCUT2D eigenvalue weighted by Crippen LogP contribution is -2.33. The average Bonchev–Trinajstić information content (AvgIpc) is 2.52. The lowest BCUT2D eigenvalue weighted by atomic mass is 10.1. The van der Waals surface area contributed by atoms with Gasteiger partial charge in [0.05, 0.1) is 0 Å². The molecular formula is C17H29N3O. The molecule has 4 nitrogen and oxygen atoms in total. The molecule has 1 rings (SSSR count). The molecule has 0 fully saturated rings. The lowest BCUT2D eigenvalue weighted by Gasteiger charge is -2.22. The highest BCUT2D eigenvalue weighted by Gasteiger charge is 2.12. The van der Waals surface area contributed by atoms with E-state index in [0.29, 0.717) is 6.42 Å². The summed E-state index contributed by atoms with van der Waals surface area (Å²) in [5.41, 5.74) is 1.04.